The fourth-order valence-electron chi connectivity index (χ4n) is 2.47. The minimum absolute atomic E-state index is 0.00284. The Balaban J connectivity index is 1.78. The van der Waals surface area contributed by atoms with Gasteiger partial charge in [-0.15, -0.1) is 0 Å². The number of halogens is 5. The number of nitrogens with two attached hydrogens (primary N) is 1. The molecule has 2 aromatic heterocycles. The summed E-state index contributed by atoms with van der Waals surface area (Å²) in [5.74, 6) is -3.23. The molecule has 0 saturated heterocycles. The van der Waals surface area contributed by atoms with E-state index < -0.39 is 17.8 Å². The van der Waals surface area contributed by atoms with Crippen molar-refractivity contribution in [3.05, 3.63) is 23.9 Å². The third-order valence-corrected chi connectivity index (χ3v) is 3.64. The molecule has 1 aliphatic carbocycles. The molecule has 134 valence electrons. The molecule has 1 fully saturated rings. The van der Waals surface area contributed by atoms with Crippen molar-refractivity contribution in [2.24, 2.45) is 5.92 Å². The van der Waals surface area contributed by atoms with Crippen LogP contribution in [0.1, 0.15) is 18.5 Å². The van der Waals surface area contributed by atoms with Gasteiger partial charge in [0.25, 0.3) is 0 Å². The highest BCUT2D eigenvalue weighted by molar-refractivity contribution is 5.53. The van der Waals surface area contributed by atoms with E-state index in [4.69, 9.17) is 5.73 Å². The van der Waals surface area contributed by atoms with Crippen LogP contribution in [0, 0.1) is 5.92 Å². The zero-order chi connectivity index (χ0) is 18.2. The van der Waals surface area contributed by atoms with Crippen LogP contribution in [0.2, 0.25) is 0 Å². The molecule has 6 nitrogen and oxygen atoms in total. The number of alkyl halides is 5. The topological polar surface area (TPSA) is 89.6 Å². The lowest BCUT2D eigenvalue weighted by atomic mass is 9.81. The van der Waals surface area contributed by atoms with Crippen molar-refractivity contribution < 1.29 is 22.0 Å². The summed E-state index contributed by atoms with van der Waals surface area (Å²) in [6.45, 7) is 0.203. The molecular formula is C14H13F5N6. The van der Waals surface area contributed by atoms with Crippen LogP contribution in [0.4, 0.5) is 33.8 Å². The summed E-state index contributed by atoms with van der Waals surface area (Å²) in [7, 11) is 0. The van der Waals surface area contributed by atoms with Crippen LogP contribution in [0.15, 0.2) is 18.2 Å². The first kappa shape index (κ1) is 17.2. The predicted molar refractivity (Wildman–Crippen MR) is 78.6 cm³/mol. The van der Waals surface area contributed by atoms with Crippen molar-refractivity contribution in [2.45, 2.75) is 24.9 Å². The zero-order valence-electron chi connectivity index (χ0n) is 12.7. The second kappa shape index (κ2) is 6.05. The first-order chi connectivity index (χ1) is 11.6. The minimum Gasteiger partial charge on any atom is -0.368 e. The van der Waals surface area contributed by atoms with E-state index >= 15 is 0 Å². The number of hydrogen-bond donors (Lipinski definition) is 2. The molecule has 3 N–H and O–H groups in total. The SMILES string of the molecule is Nc1nc(NCC2CC(F)(F)C2)nc(-c2cccc(C(F)(F)F)n2)n1. The van der Waals surface area contributed by atoms with Crippen molar-refractivity contribution in [3.8, 4) is 11.5 Å². The van der Waals surface area contributed by atoms with Gasteiger partial charge in [-0.2, -0.15) is 28.1 Å². The van der Waals surface area contributed by atoms with E-state index in [1.165, 1.54) is 12.1 Å². The third-order valence-electron chi connectivity index (χ3n) is 3.64. The van der Waals surface area contributed by atoms with Crippen LogP contribution >= 0.6 is 0 Å². The van der Waals surface area contributed by atoms with Gasteiger partial charge in [-0.25, -0.2) is 13.8 Å². The lowest BCUT2D eigenvalue weighted by molar-refractivity contribution is -0.141. The molecule has 1 saturated carbocycles. The van der Waals surface area contributed by atoms with E-state index in [2.05, 4.69) is 25.3 Å². The molecule has 0 aliphatic heterocycles. The van der Waals surface area contributed by atoms with Crippen LogP contribution in [-0.2, 0) is 6.18 Å². The summed E-state index contributed by atoms with van der Waals surface area (Å²) in [4.78, 5) is 15.0. The monoisotopic (exact) mass is 360 g/mol. The van der Waals surface area contributed by atoms with Gasteiger partial charge >= 0.3 is 6.18 Å². The van der Waals surface area contributed by atoms with E-state index in [1.54, 1.807) is 0 Å². The van der Waals surface area contributed by atoms with E-state index in [9.17, 15) is 22.0 Å². The van der Waals surface area contributed by atoms with Crippen molar-refractivity contribution in [3.63, 3.8) is 0 Å². The first-order valence-electron chi connectivity index (χ1n) is 7.30. The lowest BCUT2D eigenvalue weighted by Gasteiger charge is -2.34. The maximum atomic E-state index is 12.8. The van der Waals surface area contributed by atoms with Crippen molar-refractivity contribution in [2.75, 3.05) is 17.6 Å². The summed E-state index contributed by atoms with van der Waals surface area (Å²) >= 11 is 0. The number of hydrogen-bond acceptors (Lipinski definition) is 6. The number of nitrogens with one attached hydrogen (secondary N) is 1. The van der Waals surface area contributed by atoms with Gasteiger partial charge in [0.05, 0.1) is 0 Å². The predicted octanol–water partition coefficient (Wildman–Crippen LogP) is 2.99. The Morgan fingerprint density at radius 2 is 1.84 bits per heavy atom. The van der Waals surface area contributed by atoms with Crippen LogP contribution in [0.5, 0.6) is 0 Å². The lowest BCUT2D eigenvalue weighted by Crippen LogP contribution is -2.39. The number of nitrogens with zero attached hydrogens (tertiary/aromatic N) is 4. The third kappa shape index (κ3) is 4.09. The highest BCUT2D eigenvalue weighted by Crippen LogP contribution is 2.42. The molecule has 0 radical (unpaired) electrons. The Labute approximate surface area is 138 Å². The molecule has 25 heavy (non-hydrogen) atoms. The van der Waals surface area contributed by atoms with Gasteiger partial charge in [0, 0.05) is 19.4 Å². The summed E-state index contributed by atoms with van der Waals surface area (Å²) < 4.78 is 63.9. The Morgan fingerprint density at radius 1 is 1.12 bits per heavy atom. The van der Waals surface area contributed by atoms with E-state index in [0.717, 1.165) is 6.07 Å². The van der Waals surface area contributed by atoms with Crippen molar-refractivity contribution in [1.29, 1.82) is 0 Å². The van der Waals surface area contributed by atoms with E-state index in [-0.39, 0.29) is 48.7 Å². The summed E-state index contributed by atoms with van der Waals surface area (Å²) in [5, 5.41) is 2.75. The molecule has 2 heterocycles. The van der Waals surface area contributed by atoms with Gasteiger partial charge in [0.2, 0.25) is 17.8 Å². The molecule has 0 aromatic carbocycles. The standard InChI is InChI=1S/C14H13F5N6/c15-13(16)4-7(5-13)6-21-12-24-10(23-11(20)25-12)8-2-1-3-9(22-8)14(17,18)19/h1-3,7H,4-6H2,(H3,20,21,23,24,25). The fraction of sp³-hybridized carbons (Fsp3) is 0.429. The van der Waals surface area contributed by atoms with Crippen LogP contribution in [-0.4, -0.2) is 32.4 Å². The van der Waals surface area contributed by atoms with Gasteiger partial charge in [-0.1, -0.05) is 6.07 Å². The van der Waals surface area contributed by atoms with E-state index in [0.29, 0.717) is 0 Å². The van der Waals surface area contributed by atoms with E-state index in [1.807, 2.05) is 0 Å². The number of anilines is 2. The molecule has 1 aliphatic rings. The maximum absolute atomic E-state index is 12.8. The number of nitrogen functional groups attached to an aromatic ring is 1. The smallest absolute Gasteiger partial charge is 0.368 e. The zero-order valence-corrected chi connectivity index (χ0v) is 12.7. The maximum Gasteiger partial charge on any atom is 0.433 e. The molecule has 0 amide bonds. The summed E-state index contributed by atoms with van der Waals surface area (Å²) in [6, 6.07) is 3.30. The van der Waals surface area contributed by atoms with Gasteiger partial charge in [0.15, 0.2) is 5.82 Å². The number of rotatable bonds is 4. The molecule has 0 unspecified atom stereocenters. The Bertz CT molecular complexity index is 771. The molecule has 2 aromatic rings. The van der Waals surface area contributed by atoms with Gasteiger partial charge in [-0.3, -0.25) is 0 Å². The summed E-state index contributed by atoms with van der Waals surface area (Å²) in [6.07, 6.45) is -5.07. The average molecular weight is 360 g/mol. The molecule has 3 rings (SSSR count). The number of pyridine rings is 1. The fourth-order valence-corrected chi connectivity index (χ4v) is 2.47. The highest BCUT2D eigenvalue weighted by Gasteiger charge is 2.44. The Kier molecular flexibility index (Phi) is 4.17. The second-order valence-electron chi connectivity index (χ2n) is 5.76. The molecular weight excluding hydrogens is 347 g/mol. The Morgan fingerprint density at radius 3 is 2.48 bits per heavy atom. The highest BCUT2D eigenvalue weighted by atomic mass is 19.4. The molecule has 0 bridgehead atoms. The number of aromatic nitrogens is 4. The minimum atomic E-state index is -4.61. The normalized spacial score (nSPS) is 17.2. The largest absolute Gasteiger partial charge is 0.433 e. The van der Waals surface area contributed by atoms with Crippen molar-refractivity contribution >= 4 is 11.9 Å². The van der Waals surface area contributed by atoms with Gasteiger partial charge in [0.1, 0.15) is 11.4 Å². The molecule has 0 atom stereocenters. The average Bonchev–Trinajstić information content (AvgIpc) is 2.49. The first-order valence-corrected chi connectivity index (χ1v) is 7.30. The van der Waals surface area contributed by atoms with Crippen LogP contribution < -0.4 is 11.1 Å². The van der Waals surface area contributed by atoms with Gasteiger partial charge in [-0.05, 0) is 18.1 Å². The van der Waals surface area contributed by atoms with Crippen LogP contribution in [0.3, 0.4) is 0 Å². The van der Waals surface area contributed by atoms with Crippen LogP contribution in [0.25, 0.3) is 11.5 Å². The molecule has 0 spiro atoms. The Hall–Kier alpha value is -2.59. The quantitative estimate of drug-likeness (QED) is 0.815. The molecule has 11 heteroatoms. The summed E-state index contributed by atoms with van der Waals surface area (Å²) in [5.41, 5.74) is 4.33. The van der Waals surface area contributed by atoms with Crippen molar-refractivity contribution in [1.82, 2.24) is 19.9 Å². The van der Waals surface area contributed by atoms with Gasteiger partial charge < -0.3 is 11.1 Å². The second-order valence-corrected chi connectivity index (χ2v) is 5.76.